The molecule has 2 heterocycles. The predicted octanol–water partition coefficient (Wildman–Crippen LogP) is 0.346. The summed E-state index contributed by atoms with van der Waals surface area (Å²) in [4.78, 5) is 0. The summed E-state index contributed by atoms with van der Waals surface area (Å²) in [5.41, 5.74) is 0.605. The molecule has 114 valence electrons. The van der Waals surface area contributed by atoms with Crippen LogP contribution in [0.1, 0.15) is 0 Å². The summed E-state index contributed by atoms with van der Waals surface area (Å²) in [5.74, 6) is 0.506. The second-order valence-corrected chi connectivity index (χ2v) is 4.19. The molecular formula is C14H17N6O2+. The van der Waals surface area contributed by atoms with E-state index in [0.717, 1.165) is 0 Å². The van der Waals surface area contributed by atoms with Gasteiger partial charge in [0.1, 0.15) is 0 Å². The highest BCUT2D eigenvalue weighted by atomic mass is 16.3. The zero-order chi connectivity index (χ0) is 15.6. The van der Waals surface area contributed by atoms with E-state index in [1.165, 1.54) is 10.9 Å². The Hall–Kier alpha value is -2.71. The SMILES string of the molecule is OCCn1ccccc1=NN=CN=Nc1cccc[n+]1CO. The molecule has 0 spiro atoms. The van der Waals surface area contributed by atoms with Crippen molar-refractivity contribution in [2.24, 2.45) is 20.4 Å². The average molecular weight is 301 g/mol. The molecule has 0 saturated carbocycles. The first-order chi connectivity index (χ1) is 10.8. The molecule has 2 aromatic rings. The van der Waals surface area contributed by atoms with Crippen molar-refractivity contribution in [1.29, 1.82) is 0 Å². The molecule has 0 radical (unpaired) electrons. The van der Waals surface area contributed by atoms with Gasteiger partial charge in [0, 0.05) is 18.8 Å². The number of nitrogens with zero attached hydrogens (tertiary/aromatic N) is 6. The van der Waals surface area contributed by atoms with Crippen LogP contribution in [0.3, 0.4) is 0 Å². The molecule has 8 heteroatoms. The molecule has 0 aromatic carbocycles. The van der Waals surface area contributed by atoms with Gasteiger partial charge in [-0.3, -0.25) is 0 Å². The van der Waals surface area contributed by atoms with E-state index in [-0.39, 0.29) is 13.3 Å². The lowest BCUT2D eigenvalue weighted by molar-refractivity contribution is -0.718. The maximum absolute atomic E-state index is 9.14. The van der Waals surface area contributed by atoms with E-state index in [4.69, 9.17) is 10.2 Å². The van der Waals surface area contributed by atoms with Gasteiger partial charge >= 0.3 is 5.82 Å². The lowest BCUT2D eigenvalue weighted by Crippen LogP contribution is -2.32. The van der Waals surface area contributed by atoms with Gasteiger partial charge in [0.15, 0.2) is 18.6 Å². The van der Waals surface area contributed by atoms with Crippen molar-refractivity contribution in [3.63, 3.8) is 0 Å². The summed E-state index contributed by atoms with van der Waals surface area (Å²) in [6.45, 7) is 0.287. The standard InChI is InChI=1S/C14H17N6O2/c21-10-9-19-7-3-1-5-13(19)17-15-11-16-18-14-6-2-4-8-20(14)12-22/h1-8,11,21-22H,9-10,12H2/q+1. The highest BCUT2D eigenvalue weighted by Crippen LogP contribution is 2.02. The van der Waals surface area contributed by atoms with Crippen LogP contribution in [-0.2, 0) is 13.3 Å². The maximum atomic E-state index is 9.14. The first kappa shape index (κ1) is 15.7. The highest BCUT2D eigenvalue weighted by Gasteiger charge is 2.05. The Kier molecular flexibility index (Phi) is 6.09. The van der Waals surface area contributed by atoms with Crippen molar-refractivity contribution in [2.45, 2.75) is 13.3 Å². The fourth-order valence-corrected chi connectivity index (χ4v) is 1.73. The molecule has 8 nitrogen and oxygen atoms in total. The molecule has 0 amide bonds. The van der Waals surface area contributed by atoms with Crippen LogP contribution in [0.4, 0.5) is 5.82 Å². The van der Waals surface area contributed by atoms with Crippen molar-refractivity contribution in [1.82, 2.24) is 4.57 Å². The molecule has 0 unspecified atom stereocenters. The first-order valence-corrected chi connectivity index (χ1v) is 6.67. The summed E-state index contributed by atoms with van der Waals surface area (Å²) >= 11 is 0. The third-order valence-electron chi connectivity index (χ3n) is 2.75. The summed E-state index contributed by atoms with van der Waals surface area (Å²) < 4.78 is 3.30. The van der Waals surface area contributed by atoms with Crippen molar-refractivity contribution in [2.75, 3.05) is 6.61 Å². The van der Waals surface area contributed by atoms with E-state index in [2.05, 4.69) is 20.4 Å². The molecule has 0 bridgehead atoms. The van der Waals surface area contributed by atoms with Crippen LogP contribution in [0.25, 0.3) is 0 Å². The Morgan fingerprint density at radius 3 is 2.82 bits per heavy atom. The summed E-state index contributed by atoms with van der Waals surface area (Å²) in [7, 11) is 0. The third kappa shape index (κ3) is 4.40. The minimum atomic E-state index is -0.179. The molecule has 0 saturated heterocycles. The monoisotopic (exact) mass is 301 g/mol. The van der Waals surface area contributed by atoms with Crippen molar-refractivity contribution in [3.8, 4) is 0 Å². The van der Waals surface area contributed by atoms with Gasteiger partial charge in [-0.1, -0.05) is 12.1 Å². The largest absolute Gasteiger partial charge is 0.395 e. The molecule has 2 rings (SSSR count). The van der Waals surface area contributed by atoms with Crippen LogP contribution in [0.2, 0.25) is 0 Å². The molecule has 0 aliphatic heterocycles. The molecule has 0 aliphatic carbocycles. The van der Waals surface area contributed by atoms with Gasteiger partial charge in [-0.25, -0.2) is 4.57 Å². The van der Waals surface area contributed by atoms with E-state index in [1.54, 1.807) is 41.2 Å². The second kappa shape index (κ2) is 8.55. The minimum Gasteiger partial charge on any atom is -0.395 e. The summed E-state index contributed by atoms with van der Waals surface area (Å²) in [5, 5.41) is 33.7. The molecule has 2 aromatic heterocycles. The number of aromatic nitrogens is 2. The van der Waals surface area contributed by atoms with Crippen molar-refractivity contribution in [3.05, 3.63) is 54.3 Å². The van der Waals surface area contributed by atoms with Crippen LogP contribution in [0, 0.1) is 0 Å². The number of hydrogen-bond acceptors (Lipinski definition) is 5. The van der Waals surface area contributed by atoms with Crippen LogP contribution in [-0.4, -0.2) is 27.7 Å². The van der Waals surface area contributed by atoms with Gasteiger partial charge in [-0.2, -0.15) is 0 Å². The number of pyridine rings is 2. The first-order valence-electron chi connectivity index (χ1n) is 6.67. The zero-order valence-corrected chi connectivity index (χ0v) is 11.9. The smallest absolute Gasteiger partial charge is 0.352 e. The Labute approximate surface area is 127 Å². The van der Waals surface area contributed by atoms with Gasteiger partial charge in [0.2, 0.25) is 0 Å². The van der Waals surface area contributed by atoms with E-state index < -0.39 is 0 Å². The van der Waals surface area contributed by atoms with E-state index >= 15 is 0 Å². The fraction of sp³-hybridized carbons (Fsp3) is 0.214. The van der Waals surface area contributed by atoms with E-state index in [1.807, 2.05) is 12.1 Å². The second-order valence-electron chi connectivity index (χ2n) is 4.19. The molecule has 2 N–H and O–H groups in total. The molecule has 0 fully saturated rings. The number of aliphatic hydroxyl groups excluding tert-OH is 2. The van der Waals surface area contributed by atoms with Crippen LogP contribution in [0.5, 0.6) is 0 Å². The quantitative estimate of drug-likeness (QED) is 0.264. The van der Waals surface area contributed by atoms with Crippen molar-refractivity contribution >= 4 is 12.2 Å². The molecule has 0 atom stereocenters. The lowest BCUT2D eigenvalue weighted by atomic mass is 10.4. The Morgan fingerprint density at radius 1 is 1.14 bits per heavy atom. The molecule has 0 aliphatic rings. The third-order valence-corrected chi connectivity index (χ3v) is 2.75. The van der Waals surface area contributed by atoms with E-state index in [9.17, 15) is 0 Å². The normalized spacial score (nSPS) is 12.5. The number of hydrogen-bond donors (Lipinski definition) is 2. The number of azo groups is 1. The fourth-order valence-electron chi connectivity index (χ4n) is 1.73. The summed E-state index contributed by atoms with van der Waals surface area (Å²) in [6.07, 6.45) is 4.71. The number of rotatable bonds is 6. The number of aliphatic hydroxyl groups is 2. The van der Waals surface area contributed by atoms with Crippen LogP contribution in [0.15, 0.2) is 69.2 Å². The molecular weight excluding hydrogens is 284 g/mol. The predicted molar refractivity (Wildman–Crippen MR) is 78.9 cm³/mol. The topological polar surface area (TPSA) is 98.7 Å². The van der Waals surface area contributed by atoms with E-state index in [0.29, 0.717) is 17.9 Å². The van der Waals surface area contributed by atoms with Gasteiger partial charge in [0.05, 0.1) is 17.9 Å². The zero-order valence-electron chi connectivity index (χ0n) is 11.9. The Morgan fingerprint density at radius 2 is 2.00 bits per heavy atom. The highest BCUT2D eigenvalue weighted by molar-refractivity contribution is 5.54. The average Bonchev–Trinajstić information content (AvgIpc) is 2.56. The Balaban J connectivity index is 2.10. The minimum absolute atomic E-state index is 0.0236. The van der Waals surface area contributed by atoms with Crippen LogP contribution < -0.4 is 10.1 Å². The van der Waals surface area contributed by atoms with Gasteiger partial charge in [-0.15, -0.1) is 10.2 Å². The van der Waals surface area contributed by atoms with Gasteiger partial charge < -0.3 is 14.8 Å². The van der Waals surface area contributed by atoms with Gasteiger partial charge in [-0.05, 0) is 23.3 Å². The van der Waals surface area contributed by atoms with Gasteiger partial charge in [0.25, 0.3) is 0 Å². The lowest BCUT2D eigenvalue weighted by Gasteiger charge is -2.02. The Bertz CT molecular complexity index is 723. The van der Waals surface area contributed by atoms with Crippen LogP contribution >= 0.6 is 0 Å². The summed E-state index contributed by atoms with van der Waals surface area (Å²) in [6, 6.07) is 10.8. The maximum Gasteiger partial charge on any atom is 0.352 e. The molecule has 22 heavy (non-hydrogen) atoms. The van der Waals surface area contributed by atoms with Crippen molar-refractivity contribution < 1.29 is 14.8 Å².